The summed E-state index contributed by atoms with van der Waals surface area (Å²) in [6.45, 7) is 6.23. The van der Waals surface area contributed by atoms with Gasteiger partial charge in [-0.25, -0.2) is 4.68 Å². The average Bonchev–Trinajstić information content (AvgIpc) is 2.84. The summed E-state index contributed by atoms with van der Waals surface area (Å²) < 4.78 is 2.90. The van der Waals surface area contributed by atoms with Crippen molar-refractivity contribution in [2.45, 2.75) is 39.7 Å². The molecule has 0 amide bonds. The predicted molar refractivity (Wildman–Crippen MR) is 80.4 cm³/mol. The third-order valence-electron chi connectivity index (χ3n) is 3.25. The fourth-order valence-corrected chi connectivity index (χ4v) is 2.52. The summed E-state index contributed by atoms with van der Waals surface area (Å²) in [5.41, 5.74) is 10.3. The summed E-state index contributed by atoms with van der Waals surface area (Å²) in [4.78, 5) is 0. The van der Waals surface area contributed by atoms with Crippen LogP contribution in [0.1, 0.15) is 43.3 Å². The molecule has 0 aliphatic heterocycles. The Kier molecular flexibility index (Phi) is 4.37. The van der Waals surface area contributed by atoms with Gasteiger partial charge in [0, 0.05) is 4.47 Å². The van der Waals surface area contributed by atoms with Crippen molar-refractivity contribution in [2.24, 2.45) is 5.73 Å². The first-order valence-electron chi connectivity index (χ1n) is 6.55. The van der Waals surface area contributed by atoms with Gasteiger partial charge in [0.15, 0.2) is 0 Å². The van der Waals surface area contributed by atoms with Gasteiger partial charge < -0.3 is 5.73 Å². The van der Waals surface area contributed by atoms with E-state index < -0.39 is 0 Å². The Bertz CT molecular complexity index is 577. The summed E-state index contributed by atoms with van der Waals surface area (Å²) in [5.74, 6) is 0. The Morgan fingerprint density at radius 2 is 2.11 bits per heavy atom. The summed E-state index contributed by atoms with van der Waals surface area (Å²) in [7, 11) is 0. The molecule has 19 heavy (non-hydrogen) atoms. The number of aromatic nitrogens is 3. The molecular weight excluding hydrogens is 304 g/mol. The molecule has 2 N–H and O–H groups in total. The molecule has 1 aromatic heterocycles. The highest BCUT2D eigenvalue weighted by atomic mass is 79.9. The molecule has 0 aliphatic carbocycles. The lowest BCUT2D eigenvalue weighted by molar-refractivity contribution is 0.665. The predicted octanol–water partition coefficient (Wildman–Crippen LogP) is 3.31. The van der Waals surface area contributed by atoms with E-state index in [-0.39, 0.29) is 6.04 Å². The van der Waals surface area contributed by atoms with E-state index in [0.29, 0.717) is 0 Å². The molecule has 4 nitrogen and oxygen atoms in total. The number of aryl methyl sites for hydroxylation is 1. The lowest BCUT2D eigenvalue weighted by Crippen LogP contribution is -2.12. The number of halogens is 1. The molecular formula is C14H19BrN4. The molecule has 1 aromatic carbocycles. The molecule has 102 valence electrons. The van der Waals surface area contributed by atoms with Crippen LogP contribution in [0.25, 0.3) is 5.69 Å². The van der Waals surface area contributed by atoms with E-state index >= 15 is 0 Å². The molecule has 5 heteroatoms. The van der Waals surface area contributed by atoms with Crippen molar-refractivity contribution >= 4 is 15.9 Å². The van der Waals surface area contributed by atoms with E-state index in [0.717, 1.165) is 34.4 Å². The van der Waals surface area contributed by atoms with Crippen molar-refractivity contribution in [3.8, 4) is 5.69 Å². The average molecular weight is 323 g/mol. The van der Waals surface area contributed by atoms with Gasteiger partial charge in [0.25, 0.3) is 0 Å². The summed E-state index contributed by atoms with van der Waals surface area (Å²) in [6.07, 6.45) is 1.72. The second-order valence-electron chi connectivity index (χ2n) is 4.66. The van der Waals surface area contributed by atoms with Crippen LogP contribution in [0, 0.1) is 6.92 Å². The second-order valence-corrected chi connectivity index (χ2v) is 5.51. The van der Waals surface area contributed by atoms with Crippen LogP contribution < -0.4 is 5.73 Å². The number of nitrogens with two attached hydrogens (primary N) is 1. The van der Waals surface area contributed by atoms with E-state index in [2.05, 4.69) is 59.1 Å². The van der Waals surface area contributed by atoms with Gasteiger partial charge >= 0.3 is 0 Å². The van der Waals surface area contributed by atoms with Gasteiger partial charge in [-0.1, -0.05) is 25.1 Å². The smallest absolute Gasteiger partial charge is 0.103 e. The van der Waals surface area contributed by atoms with Crippen LogP contribution in [0.2, 0.25) is 0 Å². The Morgan fingerprint density at radius 1 is 1.37 bits per heavy atom. The number of hydrogen-bond donors (Lipinski definition) is 1. The maximum Gasteiger partial charge on any atom is 0.103 e. The molecule has 1 atom stereocenters. The molecule has 0 radical (unpaired) electrons. The van der Waals surface area contributed by atoms with Crippen molar-refractivity contribution in [3.05, 3.63) is 39.6 Å². The summed E-state index contributed by atoms with van der Waals surface area (Å²) >= 11 is 3.57. The minimum atomic E-state index is -0.0488. The van der Waals surface area contributed by atoms with Gasteiger partial charge in [-0.2, -0.15) is 0 Å². The first-order valence-corrected chi connectivity index (χ1v) is 7.34. The number of benzene rings is 1. The molecule has 0 saturated carbocycles. The van der Waals surface area contributed by atoms with Gasteiger partial charge in [-0.05, 0) is 53.4 Å². The minimum Gasteiger partial charge on any atom is -0.323 e. The fourth-order valence-electron chi connectivity index (χ4n) is 2.10. The molecule has 0 spiro atoms. The molecule has 0 saturated heterocycles. The van der Waals surface area contributed by atoms with Crippen LogP contribution >= 0.6 is 15.9 Å². The van der Waals surface area contributed by atoms with Crippen molar-refractivity contribution in [1.29, 1.82) is 0 Å². The van der Waals surface area contributed by atoms with E-state index in [1.54, 1.807) is 0 Å². The maximum atomic E-state index is 6.10. The zero-order chi connectivity index (χ0) is 14.0. The SMILES string of the molecule is CCc1c(C(N)CC)nnn1-c1cc(C)ccc1Br. The molecule has 0 fully saturated rings. The molecule has 2 aromatic rings. The van der Waals surface area contributed by atoms with Crippen molar-refractivity contribution < 1.29 is 0 Å². The zero-order valence-corrected chi connectivity index (χ0v) is 13.1. The van der Waals surface area contributed by atoms with Crippen molar-refractivity contribution in [3.63, 3.8) is 0 Å². The molecule has 0 bridgehead atoms. The van der Waals surface area contributed by atoms with Crippen LogP contribution in [0.3, 0.4) is 0 Å². The first-order chi connectivity index (χ1) is 9.08. The van der Waals surface area contributed by atoms with Crippen LogP contribution in [0.15, 0.2) is 22.7 Å². The highest BCUT2D eigenvalue weighted by Crippen LogP contribution is 2.25. The lowest BCUT2D eigenvalue weighted by Gasteiger charge is -2.11. The van der Waals surface area contributed by atoms with Crippen LogP contribution in [-0.4, -0.2) is 15.0 Å². The monoisotopic (exact) mass is 322 g/mol. The van der Waals surface area contributed by atoms with Crippen molar-refractivity contribution in [2.75, 3.05) is 0 Å². The Morgan fingerprint density at radius 3 is 2.74 bits per heavy atom. The second kappa shape index (κ2) is 5.84. The van der Waals surface area contributed by atoms with Crippen LogP contribution in [0.4, 0.5) is 0 Å². The number of nitrogens with zero attached hydrogens (tertiary/aromatic N) is 3. The van der Waals surface area contributed by atoms with E-state index in [1.807, 2.05) is 10.7 Å². The maximum absolute atomic E-state index is 6.10. The van der Waals surface area contributed by atoms with Gasteiger partial charge in [0.05, 0.1) is 17.4 Å². The Hall–Kier alpha value is -1.20. The third-order valence-corrected chi connectivity index (χ3v) is 3.92. The number of rotatable bonds is 4. The largest absolute Gasteiger partial charge is 0.323 e. The van der Waals surface area contributed by atoms with Gasteiger partial charge in [0.1, 0.15) is 5.69 Å². The normalized spacial score (nSPS) is 12.7. The van der Waals surface area contributed by atoms with Gasteiger partial charge in [-0.15, -0.1) is 5.10 Å². The molecule has 1 heterocycles. The lowest BCUT2D eigenvalue weighted by atomic mass is 10.1. The van der Waals surface area contributed by atoms with Gasteiger partial charge in [-0.3, -0.25) is 0 Å². The summed E-state index contributed by atoms with van der Waals surface area (Å²) in [6, 6.07) is 6.14. The topological polar surface area (TPSA) is 56.7 Å². The Labute approximate surface area is 122 Å². The minimum absolute atomic E-state index is 0.0488. The Balaban J connectivity index is 2.56. The van der Waals surface area contributed by atoms with E-state index in [1.165, 1.54) is 5.56 Å². The van der Waals surface area contributed by atoms with E-state index in [9.17, 15) is 0 Å². The highest BCUT2D eigenvalue weighted by molar-refractivity contribution is 9.10. The quantitative estimate of drug-likeness (QED) is 0.939. The third kappa shape index (κ3) is 2.72. The number of hydrogen-bond acceptors (Lipinski definition) is 3. The standard InChI is InChI=1S/C14H19BrN4/c1-4-11(16)14-12(5-2)19(18-17-14)13-8-9(3)6-7-10(13)15/h6-8,11H,4-5,16H2,1-3H3. The van der Waals surface area contributed by atoms with Gasteiger partial charge in [0.2, 0.25) is 0 Å². The highest BCUT2D eigenvalue weighted by Gasteiger charge is 2.18. The van der Waals surface area contributed by atoms with Crippen LogP contribution in [-0.2, 0) is 6.42 Å². The molecule has 0 aliphatic rings. The van der Waals surface area contributed by atoms with Crippen LogP contribution in [0.5, 0.6) is 0 Å². The zero-order valence-electron chi connectivity index (χ0n) is 11.5. The summed E-state index contributed by atoms with van der Waals surface area (Å²) in [5, 5.41) is 8.56. The van der Waals surface area contributed by atoms with Crippen molar-refractivity contribution in [1.82, 2.24) is 15.0 Å². The molecule has 1 unspecified atom stereocenters. The molecule has 2 rings (SSSR count). The van der Waals surface area contributed by atoms with E-state index in [4.69, 9.17) is 5.73 Å². The fraction of sp³-hybridized carbons (Fsp3) is 0.429. The first kappa shape index (κ1) is 14.2.